The lowest BCUT2D eigenvalue weighted by Crippen LogP contribution is -2.01. The van der Waals surface area contributed by atoms with Gasteiger partial charge in [-0.25, -0.2) is 0 Å². The summed E-state index contributed by atoms with van der Waals surface area (Å²) in [5, 5.41) is 7.32. The van der Waals surface area contributed by atoms with Crippen LogP contribution in [0, 0.1) is 0 Å². The van der Waals surface area contributed by atoms with Crippen LogP contribution in [0.15, 0.2) is 30.3 Å². The van der Waals surface area contributed by atoms with Crippen molar-refractivity contribution in [1.29, 1.82) is 0 Å². The van der Waals surface area contributed by atoms with E-state index in [4.69, 9.17) is 22.1 Å². The molecule has 0 radical (unpaired) electrons. The van der Waals surface area contributed by atoms with Gasteiger partial charge >= 0.3 is 0 Å². The molecule has 1 aromatic carbocycles. The molecule has 0 fully saturated rings. The van der Waals surface area contributed by atoms with Crippen LogP contribution < -0.4 is 10.5 Å². The first-order valence-electron chi connectivity index (χ1n) is 4.92. The van der Waals surface area contributed by atoms with Crippen LogP contribution in [0.2, 0.25) is 5.02 Å². The Hall–Kier alpha value is -1.68. The maximum atomic E-state index is 5.83. The van der Waals surface area contributed by atoms with Crippen molar-refractivity contribution in [3.63, 3.8) is 0 Å². The first-order chi connectivity index (χ1) is 7.74. The Morgan fingerprint density at radius 3 is 2.94 bits per heavy atom. The van der Waals surface area contributed by atoms with Crippen molar-refractivity contribution >= 4 is 17.4 Å². The van der Waals surface area contributed by atoms with Crippen molar-refractivity contribution in [1.82, 2.24) is 10.2 Å². The van der Waals surface area contributed by atoms with Gasteiger partial charge in [-0.15, -0.1) is 0 Å². The Balaban J connectivity index is 1.84. The second kappa shape index (κ2) is 4.90. The fourth-order valence-corrected chi connectivity index (χ4v) is 1.52. The Morgan fingerprint density at radius 2 is 2.25 bits per heavy atom. The molecule has 0 atom stereocenters. The standard InChI is InChI=1S/C11H12ClN3O/c12-8-2-1-3-10(6-8)16-5-4-9-7-11(13)15-14-9/h1-3,6-7H,4-5H2,(H3,13,14,15). The molecule has 0 unspecified atom stereocenters. The van der Waals surface area contributed by atoms with Gasteiger partial charge < -0.3 is 10.5 Å². The van der Waals surface area contributed by atoms with Crippen molar-refractivity contribution in [3.05, 3.63) is 41.0 Å². The highest BCUT2D eigenvalue weighted by molar-refractivity contribution is 6.30. The van der Waals surface area contributed by atoms with Gasteiger partial charge in [0.05, 0.1) is 6.61 Å². The summed E-state index contributed by atoms with van der Waals surface area (Å²) in [5.41, 5.74) is 6.44. The summed E-state index contributed by atoms with van der Waals surface area (Å²) >= 11 is 5.83. The molecule has 2 rings (SSSR count). The molecule has 3 N–H and O–H groups in total. The lowest BCUT2D eigenvalue weighted by molar-refractivity contribution is 0.320. The van der Waals surface area contributed by atoms with E-state index in [9.17, 15) is 0 Å². The smallest absolute Gasteiger partial charge is 0.145 e. The van der Waals surface area contributed by atoms with Crippen molar-refractivity contribution in [2.75, 3.05) is 12.3 Å². The number of nitrogen functional groups attached to an aromatic ring is 1. The van der Waals surface area contributed by atoms with Crippen LogP contribution >= 0.6 is 11.6 Å². The number of nitrogens with one attached hydrogen (secondary N) is 1. The van der Waals surface area contributed by atoms with E-state index in [1.807, 2.05) is 18.2 Å². The normalized spacial score (nSPS) is 10.3. The first-order valence-corrected chi connectivity index (χ1v) is 5.30. The van der Waals surface area contributed by atoms with Gasteiger partial charge in [-0.05, 0) is 18.2 Å². The summed E-state index contributed by atoms with van der Waals surface area (Å²) in [6.45, 7) is 0.558. The van der Waals surface area contributed by atoms with E-state index in [1.165, 1.54) is 0 Å². The average molecular weight is 238 g/mol. The van der Waals surface area contributed by atoms with Crippen molar-refractivity contribution < 1.29 is 4.74 Å². The molecule has 1 heterocycles. The predicted octanol–water partition coefficient (Wildman–Crippen LogP) is 2.27. The summed E-state index contributed by atoms with van der Waals surface area (Å²) in [6, 6.07) is 9.10. The predicted molar refractivity (Wildman–Crippen MR) is 63.7 cm³/mol. The maximum absolute atomic E-state index is 5.83. The van der Waals surface area contributed by atoms with Gasteiger partial charge in [-0.3, -0.25) is 5.10 Å². The zero-order chi connectivity index (χ0) is 11.4. The van der Waals surface area contributed by atoms with E-state index in [0.29, 0.717) is 17.4 Å². The number of aromatic nitrogens is 2. The topological polar surface area (TPSA) is 63.9 Å². The third-order valence-corrected chi connectivity index (χ3v) is 2.32. The fourth-order valence-electron chi connectivity index (χ4n) is 1.34. The summed E-state index contributed by atoms with van der Waals surface area (Å²) in [4.78, 5) is 0. The number of nitrogens with two attached hydrogens (primary N) is 1. The molecule has 0 aliphatic rings. The molecular formula is C11H12ClN3O. The summed E-state index contributed by atoms with van der Waals surface area (Å²) in [5.74, 6) is 1.26. The molecule has 0 saturated heterocycles. The summed E-state index contributed by atoms with van der Waals surface area (Å²) in [7, 11) is 0. The van der Waals surface area contributed by atoms with Gasteiger partial charge in [0.1, 0.15) is 11.6 Å². The minimum absolute atomic E-state index is 0.498. The van der Waals surface area contributed by atoms with E-state index in [0.717, 1.165) is 17.9 Å². The van der Waals surface area contributed by atoms with Crippen LogP contribution in [0.3, 0.4) is 0 Å². The van der Waals surface area contributed by atoms with Gasteiger partial charge in [0, 0.05) is 23.2 Å². The van der Waals surface area contributed by atoms with Gasteiger partial charge in [0.2, 0.25) is 0 Å². The molecule has 84 valence electrons. The lowest BCUT2D eigenvalue weighted by Gasteiger charge is -2.04. The van der Waals surface area contributed by atoms with Crippen LogP contribution in [0.5, 0.6) is 5.75 Å². The minimum atomic E-state index is 0.498. The number of anilines is 1. The number of ether oxygens (including phenoxy) is 1. The van der Waals surface area contributed by atoms with Crippen LogP contribution in [0.1, 0.15) is 5.69 Å². The summed E-state index contributed by atoms with van der Waals surface area (Å²) in [6.07, 6.45) is 0.733. The Kier molecular flexibility index (Phi) is 3.31. The van der Waals surface area contributed by atoms with Crippen LogP contribution in [-0.2, 0) is 6.42 Å². The second-order valence-corrected chi connectivity index (χ2v) is 3.81. The van der Waals surface area contributed by atoms with E-state index < -0.39 is 0 Å². The number of hydrogen-bond donors (Lipinski definition) is 2. The largest absolute Gasteiger partial charge is 0.493 e. The third kappa shape index (κ3) is 2.90. The molecule has 0 saturated carbocycles. The highest BCUT2D eigenvalue weighted by atomic mass is 35.5. The number of benzene rings is 1. The Morgan fingerprint density at radius 1 is 1.38 bits per heavy atom. The molecular weight excluding hydrogens is 226 g/mol. The molecule has 5 heteroatoms. The molecule has 0 aliphatic heterocycles. The molecule has 0 aliphatic carbocycles. The zero-order valence-electron chi connectivity index (χ0n) is 8.61. The summed E-state index contributed by atoms with van der Waals surface area (Å²) < 4.78 is 5.53. The Bertz CT molecular complexity index is 470. The fraction of sp³-hybridized carbons (Fsp3) is 0.182. The van der Waals surface area contributed by atoms with Crippen molar-refractivity contribution in [2.24, 2.45) is 0 Å². The quantitative estimate of drug-likeness (QED) is 0.858. The van der Waals surface area contributed by atoms with Crippen molar-refractivity contribution in [2.45, 2.75) is 6.42 Å². The number of H-pyrrole nitrogens is 1. The minimum Gasteiger partial charge on any atom is -0.493 e. The molecule has 2 aromatic rings. The van der Waals surface area contributed by atoms with Crippen LogP contribution in [-0.4, -0.2) is 16.8 Å². The van der Waals surface area contributed by atoms with E-state index in [1.54, 1.807) is 12.1 Å². The molecule has 16 heavy (non-hydrogen) atoms. The van der Waals surface area contributed by atoms with Crippen molar-refractivity contribution in [3.8, 4) is 5.75 Å². The van der Waals surface area contributed by atoms with Gasteiger partial charge in [0.25, 0.3) is 0 Å². The third-order valence-electron chi connectivity index (χ3n) is 2.09. The van der Waals surface area contributed by atoms with E-state index in [2.05, 4.69) is 10.2 Å². The van der Waals surface area contributed by atoms with E-state index >= 15 is 0 Å². The van der Waals surface area contributed by atoms with Gasteiger partial charge in [-0.1, -0.05) is 17.7 Å². The molecule has 0 spiro atoms. The molecule has 0 amide bonds. The highest BCUT2D eigenvalue weighted by Crippen LogP contribution is 2.17. The number of rotatable bonds is 4. The second-order valence-electron chi connectivity index (χ2n) is 3.37. The van der Waals surface area contributed by atoms with Gasteiger partial charge in [-0.2, -0.15) is 5.10 Å². The SMILES string of the molecule is Nc1cc(CCOc2cccc(Cl)c2)[nH]n1. The zero-order valence-corrected chi connectivity index (χ0v) is 9.37. The average Bonchev–Trinajstić information content (AvgIpc) is 2.64. The Labute approximate surface area is 98.4 Å². The number of halogens is 1. The first kappa shape index (κ1) is 10.8. The van der Waals surface area contributed by atoms with Crippen LogP contribution in [0.4, 0.5) is 5.82 Å². The highest BCUT2D eigenvalue weighted by Gasteiger charge is 1.99. The maximum Gasteiger partial charge on any atom is 0.145 e. The van der Waals surface area contributed by atoms with Gasteiger partial charge in [0.15, 0.2) is 0 Å². The number of nitrogens with zero attached hydrogens (tertiary/aromatic N) is 1. The van der Waals surface area contributed by atoms with E-state index in [-0.39, 0.29) is 0 Å². The molecule has 1 aromatic heterocycles. The van der Waals surface area contributed by atoms with Crippen LogP contribution in [0.25, 0.3) is 0 Å². The number of aromatic amines is 1. The monoisotopic (exact) mass is 237 g/mol. The number of hydrogen-bond acceptors (Lipinski definition) is 3. The molecule has 4 nitrogen and oxygen atoms in total. The molecule has 0 bridgehead atoms. The lowest BCUT2D eigenvalue weighted by atomic mass is 10.3.